The van der Waals surface area contributed by atoms with Crippen LogP contribution in [0, 0.1) is 13.8 Å². The summed E-state index contributed by atoms with van der Waals surface area (Å²) < 4.78 is 7.17. The summed E-state index contributed by atoms with van der Waals surface area (Å²) in [7, 11) is 1.86. The van der Waals surface area contributed by atoms with E-state index in [1.165, 1.54) is 11.3 Å². The fourth-order valence-electron chi connectivity index (χ4n) is 2.14. The molecule has 1 aromatic carbocycles. The van der Waals surface area contributed by atoms with Gasteiger partial charge in [-0.1, -0.05) is 17.7 Å². The number of fused-ring (bicyclic) bond motifs is 1. The van der Waals surface area contributed by atoms with Gasteiger partial charge in [-0.05, 0) is 37.6 Å². The predicted octanol–water partition coefficient (Wildman–Crippen LogP) is 4.12. The maximum Gasteiger partial charge on any atom is 0.353 e. The Morgan fingerprint density at radius 3 is 2.81 bits per heavy atom. The van der Waals surface area contributed by atoms with E-state index in [1.54, 1.807) is 16.8 Å². The second-order valence-corrected chi connectivity index (χ2v) is 6.30. The first-order chi connectivity index (χ1) is 9.95. The molecule has 2 heterocycles. The normalized spacial score (nSPS) is 11.0. The van der Waals surface area contributed by atoms with Gasteiger partial charge in [-0.25, -0.2) is 4.79 Å². The van der Waals surface area contributed by atoms with Gasteiger partial charge >= 0.3 is 5.97 Å². The van der Waals surface area contributed by atoms with Gasteiger partial charge in [-0.2, -0.15) is 5.10 Å². The minimum Gasteiger partial charge on any atom is -0.421 e. The van der Waals surface area contributed by atoms with Crippen LogP contribution in [0.4, 0.5) is 0 Å². The molecular weight excluding hydrogens is 308 g/mol. The number of hydrogen-bond acceptors (Lipinski definition) is 4. The van der Waals surface area contributed by atoms with Gasteiger partial charge in [0, 0.05) is 12.4 Å². The topological polar surface area (TPSA) is 44.1 Å². The van der Waals surface area contributed by atoms with Gasteiger partial charge in [-0.3, -0.25) is 4.68 Å². The molecule has 0 amide bonds. The van der Waals surface area contributed by atoms with Crippen LogP contribution < -0.4 is 4.74 Å². The number of benzene rings is 1. The lowest BCUT2D eigenvalue weighted by Gasteiger charge is -2.05. The van der Waals surface area contributed by atoms with Gasteiger partial charge in [0.1, 0.15) is 15.5 Å². The molecule has 0 aliphatic rings. The summed E-state index contributed by atoms with van der Waals surface area (Å²) in [5, 5.41) is 5.71. The Bertz CT molecular complexity index is 816. The second kappa shape index (κ2) is 5.16. The first-order valence-corrected chi connectivity index (χ1v) is 7.56. The summed E-state index contributed by atoms with van der Waals surface area (Å²) in [5.74, 6) is -0.0166. The molecule has 0 saturated carbocycles. The average Bonchev–Trinajstić information content (AvgIpc) is 2.97. The fraction of sp³-hybridized carbons (Fsp3) is 0.200. The van der Waals surface area contributed by atoms with E-state index in [9.17, 15) is 4.79 Å². The predicted molar refractivity (Wildman–Crippen MR) is 84.5 cm³/mol. The molecule has 0 radical (unpaired) electrons. The van der Waals surface area contributed by atoms with Crippen LogP contribution in [0.15, 0.2) is 24.3 Å². The van der Waals surface area contributed by atoms with E-state index in [-0.39, 0.29) is 0 Å². The van der Waals surface area contributed by atoms with Gasteiger partial charge < -0.3 is 4.74 Å². The summed E-state index contributed by atoms with van der Waals surface area (Å²) in [4.78, 5) is 13.8. The molecule has 0 bridgehead atoms. The average molecular weight is 321 g/mol. The highest BCUT2D eigenvalue weighted by atomic mass is 35.5. The summed E-state index contributed by atoms with van der Waals surface area (Å²) in [6.07, 6.45) is 0. The molecule has 21 heavy (non-hydrogen) atoms. The van der Waals surface area contributed by atoms with Crippen LogP contribution in [0.25, 0.3) is 10.2 Å². The Hall–Kier alpha value is -1.85. The van der Waals surface area contributed by atoms with Crippen molar-refractivity contribution in [3.05, 3.63) is 45.4 Å². The van der Waals surface area contributed by atoms with Gasteiger partial charge in [0.15, 0.2) is 0 Å². The zero-order valence-corrected chi connectivity index (χ0v) is 13.4. The maximum absolute atomic E-state index is 12.3. The number of aromatic nitrogens is 2. The smallest absolute Gasteiger partial charge is 0.353 e. The van der Waals surface area contributed by atoms with E-state index in [0.717, 1.165) is 21.5 Å². The third kappa shape index (κ3) is 2.54. The third-order valence-corrected chi connectivity index (χ3v) is 4.68. The number of thiophene rings is 1. The monoisotopic (exact) mass is 320 g/mol. The van der Waals surface area contributed by atoms with Crippen molar-refractivity contribution < 1.29 is 9.53 Å². The molecule has 108 valence electrons. The molecule has 0 fully saturated rings. The second-order valence-electron chi connectivity index (χ2n) is 4.86. The first-order valence-electron chi connectivity index (χ1n) is 6.37. The fourth-order valence-corrected chi connectivity index (χ4v) is 3.30. The van der Waals surface area contributed by atoms with Gasteiger partial charge in [0.05, 0.1) is 10.7 Å². The van der Waals surface area contributed by atoms with Gasteiger partial charge in [0.2, 0.25) is 0 Å². The van der Waals surface area contributed by atoms with Crippen LogP contribution in [-0.2, 0) is 7.05 Å². The highest BCUT2D eigenvalue weighted by Gasteiger charge is 2.17. The molecule has 3 rings (SSSR count). The number of aryl methyl sites for hydroxylation is 3. The number of halogens is 1. The summed E-state index contributed by atoms with van der Waals surface area (Å²) in [6.45, 7) is 3.84. The van der Waals surface area contributed by atoms with E-state index in [1.807, 2.05) is 33.0 Å². The van der Waals surface area contributed by atoms with Crippen LogP contribution in [0.5, 0.6) is 5.75 Å². The minimum absolute atomic E-state index is 0.383. The number of ether oxygens (including phenoxy) is 1. The molecular formula is C15H13ClN2O2S. The molecule has 3 aromatic rings. The van der Waals surface area contributed by atoms with E-state index in [0.29, 0.717) is 15.6 Å². The van der Waals surface area contributed by atoms with Crippen molar-refractivity contribution in [3.8, 4) is 5.75 Å². The van der Waals surface area contributed by atoms with Crippen molar-refractivity contribution in [2.24, 2.45) is 7.05 Å². The molecule has 0 saturated heterocycles. The lowest BCUT2D eigenvalue weighted by Crippen LogP contribution is -2.07. The Kier molecular flexibility index (Phi) is 3.47. The Morgan fingerprint density at radius 2 is 2.10 bits per heavy atom. The van der Waals surface area contributed by atoms with E-state index < -0.39 is 5.97 Å². The van der Waals surface area contributed by atoms with Crippen molar-refractivity contribution in [1.82, 2.24) is 9.78 Å². The number of rotatable bonds is 2. The highest BCUT2D eigenvalue weighted by Crippen LogP contribution is 2.30. The van der Waals surface area contributed by atoms with Crippen molar-refractivity contribution in [2.75, 3.05) is 0 Å². The maximum atomic E-state index is 12.3. The van der Waals surface area contributed by atoms with Crippen molar-refractivity contribution in [2.45, 2.75) is 13.8 Å². The third-order valence-electron chi connectivity index (χ3n) is 3.19. The molecule has 0 unspecified atom stereocenters. The van der Waals surface area contributed by atoms with Crippen LogP contribution in [0.2, 0.25) is 5.02 Å². The molecule has 4 nitrogen and oxygen atoms in total. The molecule has 0 atom stereocenters. The zero-order chi connectivity index (χ0) is 15.1. The van der Waals surface area contributed by atoms with Crippen LogP contribution >= 0.6 is 22.9 Å². The van der Waals surface area contributed by atoms with Gasteiger partial charge in [-0.15, -0.1) is 11.3 Å². The molecule has 0 aliphatic carbocycles. The highest BCUT2D eigenvalue weighted by molar-refractivity contribution is 7.20. The quantitative estimate of drug-likeness (QED) is 0.527. The number of esters is 1. The number of carbonyl (C=O) groups excluding carboxylic acids is 1. The summed E-state index contributed by atoms with van der Waals surface area (Å²) in [5.41, 5.74) is 1.88. The number of hydrogen-bond donors (Lipinski definition) is 0. The molecule has 0 N–H and O–H groups in total. The van der Waals surface area contributed by atoms with E-state index in [4.69, 9.17) is 16.3 Å². The Morgan fingerprint density at radius 1 is 1.33 bits per heavy atom. The largest absolute Gasteiger partial charge is 0.421 e. The van der Waals surface area contributed by atoms with E-state index >= 15 is 0 Å². The lowest BCUT2D eigenvalue weighted by atomic mass is 10.2. The number of carbonyl (C=O) groups is 1. The summed E-state index contributed by atoms with van der Waals surface area (Å²) >= 11 is 7.41. The van der Waals surface area contributed by atoms with Crippen LogP contribution in [-0.4, -0.2) is 15.7 Å². The lowest BCUT2D eigenvalue weighted by molar-refractivity contribution is 0.0740. The molecule has 0 spiro atoms. The molecule has 6 heteroatoms. The van der Waals surface area contributed by atoms with E-state index in [2.05, 4.69) is 5.10 Å². The standard InChI is InChI=1S/C15H13ClN2O2S/c1-8-4-5-11(16)12(6-8)20-15(19)13-7-10-9(2)17-18(3)14(10)21-13/h4-7H,1-3H3. The van der Waals surface area contributed by atoms with Gasteiger partial charge in [0.25, 0.3) is 0 Å². The molecule has 2 aromatic heterocycles. The minimum atomic E-state index is -0.400. The van der Waals surface area contributed by atoms with Crippen LogP contribution in [0.1, 0.15) is 20.9 Å². The Balaban J connectivity index is 1.93. The Labute approximate surface area is 130 Å². The zero-order valence-electron chi connectivity index (χ0n) is 11.8. The summed E-state index contributed by atoms with van der Waals surface area (Å²) in [6, 6.07) is 7.15. The molecule has 0 aliphatic heterocycles. The first kappa shape index (κ1) is 14.1. The van der Waals surface area contributed by atoms with Crippen molar-refractivity contribution in [1.29, 1.82) is 0 Å². The number of nitrogens with zero attached hydrogens (tertiary/aromatic N) is 2. The SMILES string of the molecule is Cc1ccc(Cl)c(OC(=O)c2cc3c(C)nn(C)c3s2)c1. The van der Waals surface area contributed by atoms with Crippen molar-refractivity contribution in [3.63, 3.8) is 0 Å². The van der Waals surface area contributed by atoms with Crippen LogP contribution in [0.3, 0.4) is 0 Å². The van der Waals surface area contributed by atoms with Crippen molar-refractivity contribution >= 4 is 39.1 Å².